The van der Waals surface area contributed by atoms with E-state index in [1.807, 2.05) is 24.3 Å². The molecule has 1 aromatic heterocycles. The van der Waals surface area contributed by atoms with Crippen molar-refractivity contribution in [3.05, 3.63) is 34.7 Å². The van der Waals surface area contributed by atoms with Gasteiger partial charge in [-0.25, -0.2) is 4.79 Å². The molecule has 0 aliphatic heterocycles. The van der Waals surface area contributed by atoms with E-state index in [0.29, 0.717) is 10.4 Å². The van der Waals surface area contributed by atoms with Gasteiger partial charge in [0.15, 0.2) is 0 Å². The van der Waals surface area contributed by atoms with Gasteiger partial charge in [-0.05, 0) is 6.07 Å². The first kappa shape index (κ1) is 12.6. The highest BCUT2D eigenvalue weighted by atomic mass is 32.1. The minimum atomic E-state index is -0.425. The molecule has 2 rings (SSSR count). The van der Waals surface area contributed by atoms with Gasteiger partial charge in [0.1, 0.15) is 0 Å². The molecule has 0 spiro atoms. The van der Waals surface area contributed by atoms with Crippen molar-refractivity contribution in [3.8, 4) is 0 Å². The molecule has 0 N–H and O–H groups in total. The van der Waals surface area contributed by atoms with Gasteiger partial charge in [-0.15, -0.1) is 11.3 Å². The van der Waals surface area contributed by atoms with Crippen molar-refractivity contribution in [1.82, 2.24) is 0 Å². The normalized spacial score (nSPS) is 10.3. The molecule has 2 aromatic rings. The smallest absolute Gasteiger partial charge is 0.339 e. The van der Waals surface area contributed by atoms with Gasteiger partial charge in [-0.3, -0.25) is 4.79 Å². The summed E-state index contributed by atoms with van der Waals surface area (Å²) in [5.74, 6) is -0.793. The van der Waals surface area contributed by atoms with Crippen LogP contribution in [0.4, 0.5) is 0 Å². The standard InChI is InChI=1S/C13H12O4S/c1-16-11(14)7-10-12(13(15)17-2)8-5-3-4-6-9(8)18-10/h3-6H,7H2,1-2H3. The number of benzene rings is 1. The lowest BCUT2D eigenvalue weighted by Gasteiger charge is -2.01. The molecule has 18 heavy (non-hydrogen) atoms. The Bertz CT molecular complexity index is 600. The van der Waals surface area contributed by atoms with E-state index in [1.165, 1.54) is 25.6 Å². The first-order valence-corrected chi connectivity index (χ1v) is 6.14. The molecule has 0 bridgehead atoms. The zero-order valence-electron chi connectivity index (χ0n) is 10.1. The van der Waals surface area contributed by atoms with Crippen LogP contribution in [-0.4, -0.2) is 26.2 Å². The summed E-state index contributed by atoms with van der Waals surface area (Å²) in [4.78, 5) is 23.8. The number of thiophene rings is 1. The molecule has 0 saturated heterocycles. The highest BCUT2D eigenvalue weighted by Crippen LogP contribution is 2.32. The number of rotatable bonds is 3. The average molecular weight is 264 g/mol. The quantitative estimate of drug-likeness (QED) is 0.799. The molecular weight excluding hydrogens is 252 g/mol. The van der Waals surface area contributed by atoms with Crippen LogP contribution >= 0.6 is 11.3 Å². The largest absolute Gasteiger partial charge is 0.469 e. The lowest BCUT2D eigenvalue weighted by Crippen LogP contribution is -2.08. The monoisotopic (exact) mass is 264 g/mol. The summed E-state index contributed by atoms with van der Waals surface area (Å²) in [6, 6.07) is 7.50. The minimum Gasteiger partial charge on any atom is -0.469 e. The van der Waals surface area contributed by atoms with Gasteiger partial charge in [0.05, 0.1) is 26.2 Å². The van der Waals surface area contributed by atoms with Crippen LogP contribution in [0.5, 0.6) is 0 Å². The van der Waals surface area contributed by atoms with E-state index in [9.17, 15) is 9.59 Å². The van der Waals surface area contributed by atoms with Crippen LogP contribution in [0.2, 0.25) is 0 Å². The molecular formula is C13H12O4S. The highest BCUT2D eigenvalue weighted by Gasteiger charge is 2.21. The zero-order valence-corrected chi connectivity index (χ0v) is 10.9. The number of esters is 2. The highest BCUT2D eigenvalue weighted by molar-refractivity contribution is 7.19. The maximum atomic E-state index is 11.8. The molecule has 0 fully saturated rings. The van der Waals surface area contributed by atoms with Crippen LogP contribution in [0.1, 0.15) is 15.2 Å². The van der Waals surface area contributed by atoms with Crippen LogP contribution in [-0.2, 0) is 20.7 Å². The number of ether oxygens (including phenoxy) is 2. The molecule has 0 aliphatic rings. The van der Waals surface area contributed by atoms with E-state index < -0.39 is 5.97 Å². The Morgan fingerprint density at radius 1 is 1.17 bits per heavy atom. The number of hydrogen-bond acceptors (Lipinski definition) is 5. The van der Waals surface area contributed by atoms with Gasteiger partial charge >= 0.3 is 11.9 Å². The summed E-state index contributed by atoms with van der Waals surface area (Å²) >= 11 is 1.41. The Balaban J connectivity index is 2.57. The average Bonchev–Trinajstić information content (AvgIpc) is 2.75. The van der Waals surface area contributed by atoms with Crippen molar-refractivity contribution < 1.29 is 19.1 Å². The first-order chi connectivity index (χ1) is 8.67. The summed E-state index contributed by atoms with van der Waals surface area (Å²) in [6.07, 6.45) is 0.0836. The van der Waals surface area contributed by atoms with Crippen molar-refractivity contribution >= 4 is 33.4 Å². The van der Waals surface area contributed by atoms with E-state index in [-0.39, 0.29) is 12.4 Å². The third kappa shape index (κ3) is 2.22. The molecule has 1 heterocycles. The molecule has 4 nitrogen and oxygen atoms in total. The van der Waals surface area contributed by atoms with Crippen LogP contribution in [0.3, 0.4) is 0 Å². The van der Waals surface area contributed by atoms with Crippen LogP contribution in [0, 0.1) is 0 Å². The van der Waals surface area contributed by atoms with Crippen LogP contribution in [0.15, 0.2) is 24.3 Å². The Labute approximate surface area is 108 Å². The molecule has 0 amide bonds. The van der Waals surface area contributed by atoms with E-state index in [0.717, 1.165) is 10.1 Å². The van der Waals surface area contributed by atoms with Gasteiger partial charge in [-0.1, -0.05) is 18.2 Å². The fraction of sp³-hybridized carbons (Fsp3) is 0.231. The maximum absolute atomic E-state index is 11.8. The second-order valence-electron chi connectivity index (χ2n) is 3.64. The fourth-order valence-corrected chi connectivity index (χ4v) is 2.93. The summed E-state index contributed by atoms with van der Waals surface area (Å²) in [6.45, 7) is 0. The summed E-state index contributed by atoms with van der Waals surface area (Å²) < 4.78 is 10.4. The Kier molecular flexibility index (Phi) is 3.62. The fourth-order valence-electron chi connectivity index (χ4n) is 1.75. The molecule has 94 valence electrons. The minimum absolute atomic E-state index is 0.0836. The molecule has 0 aliphatic carbocycles. The summed E-state index contributed by atoms with van der Waals surface area (Å²) in [5, 5.41) is 0.813. The van der Waals surface area contributed by atoms with E-state index in [1.54, 1.807) is 0 Å². The third-order valence-electron chi connectivity index (χ3n) is 2.59. The lowest BCUT2D eigenvalue weighted by atomic mass is 10.1. The topological polar surface area (TPSA) is 52.6 Å². The number of hydrogen-bond donors (Lipinski definition) is 0. The van der Waals surface area contributed by atoms with Gasteiger partial charge in [-0.2, -0.15) is 0 Å². The Hall–Kier alpha value is -1.88. The van der Waals surface area contributed by atoms with E-state index >= 15 is 0 Å². The predicted molar refractivity (Wildman–Crippen MR) is 68.9 cm³/mol. The second kappa shape index (κ2) is 5.18. The molecule has 0 atom stereocenters. The molecule has 0 saturated carbocycles. The SMILES string of the molecule is COC(=O)Cc1sc2ccccc2c1C(=O)OC. The summed E-state index contributed by atoms with van der Waals surface area (Å²) in [5.41, 5.74) is 0.462. The van der Waals surface area contributed by atoms with Crippen molar-refractivity contribution in [2.24, 2.45) is 0 Å². The third-order valence-corrected chi connectivity index (χ3v) is 3.76. The van der Waals surface area contributed by atoms with Gasteiger partial charge in [0.25, 0.3) is 0 Å². The number of methoxy groups -OCH3 is 2. The predicted octanol–water partition coefficient (Wildman–Crippen LogP) is 2.40. The van der Waals surface area contributed by atoms with Crippen molar-refractivity contribution in [2.45, 2.75) is 6.42 Å². The van der Waals surface area contributed by atoms with Gasteiger partial charge < -0.3 is 9.47 Å². The zero-order chi connectivity index (χ0) is 13.1. The second-order valence-corrected chi connectivity index (χ2v) is 4.78. The van der Waals surface area contributed by atoms with E-state index in [2.05, 4.69) is 4.74 Å². The number of fused-ring (bicyclic) bond motifs is 1. The van der Waals surface area contributed by atoms with Crippen LogP contribution < -0.4 is 0 Å². The Morgan fingerprint density at radius 3 is 2.56 bits per heavy atom. The molecule has 5 heteroatoms. The molecule has 0 radical (unpaired) electrons. The van der Waals surface area contributed by atoms with E-state index in [4.69, 9.17) is 4.74 Å². The molecule has 0 unspecified atom stereocenters. The Morgan fingerprint density at radius 2 is 1.89 bits per heavy atom. The lowest BCUT2D eigenvalue weighted by molar-refractivity contribution is -0.139. The van der Waals surface area contributed by atoms with Crippen molar-refractivity contribution in [1.29, 1.82) is 0 Å². The summed E-state index contributed by atoms with van der Waals surface area (Å²) in [7, 11) is 2.66. The van der Waals surface area contributed by atoms with Crippen molar-refractivity contribution in [3.63, 3.8) is 0 Å². The van der Waals surface area contributed by atoms with Gasteiger partial charge in [0, 0.05) is 15.0 Å². The number of carbonyl (C=O) groups is 2. The first-order valence-electron chi connectivity index (χ1n) is 5.33. The van der Waals surface area contributed by atoms with Crippen LogP contribution in [0.25, 0.3) is 10.1 Å². The molecule has 1 aromatic carbocycles. The number of carbonyl (C=O) groups excluding carboxylic acids is 2. The van der Waals surface area contributed by atoms with Crippen molar-refractivity contribution in [2.75, 3.05) is 14.2 Å². The van der Waals surface area contributed by atoms with Gasteiger partial charge in [0.2, 0.25) is 0 Å². The maximum Gasteiger partial charge on any atom is 0.339 e.